The van der Waals surface area contributed by atoms with E-state index in [1.807, 2.05) is 0 Å². The minimum absolute atomic E-state index is 0.772. The molecule has 0 aromatic rings. The molecule has 1 saturated heterocycles. The maximum absolute atomic E-state index is 5.97. The summed E-state index contributed by atoms with van der Waals surface area (Å²) in [6, 6.07) is 5.30. The maximum Gasteiger partial charge on any atom is 0.336 e. The molecule has 4 nitrogen and oxygen atoms in total. The first-order valence-electron chi connectivity index (χ1n) is 9.74. The van der Waals surface area contributed by atoms with Crippen LogP contribution >= 0.6 is 0 Å². The summed E-state index contributed by atoms with van der Waals surface area (Å²) >= 11 is 0. The Hall–Kier alpha value is 0.274. The Morgan fingerprint density at radius 2 is 1.26 bits per heavy atom. The Labute approximate surface area is 146 Å². The highest BCUT2D eigenvalue weighted by molar-refractivity contribution is 6.77. The standard InChI is InChI=1S/C17H40N2O2Si2/c1-7-20-22(6,21-8-2)17-16-18-12-14-19(15-13-18)23(9-3,10-4)11-5/h7-17H2,1-6H3. The van der Waals surface area contributed by atoms with Gasteiger partial charge in [-0.05, 0) is 38.5 Å². The Morgan fingerprint density at radius 1 is 0.783 bits per heavy atom. The molecule has 1 aliphatic rings. The van der Waals surface area contributed by atoms with E-state index in [-0.39, 0.29) is 0 Å². The molecule has 0 aromatic heterocycles. The predicted octanol–water partition coefficient (Wildman–Crippen LogP) is 3.75. The van der Waals surface area contributed by atoms with Crippen molar-refractivity contribution in [3.63, 3.8) is 0 Å². The van der Waals surface area contributed by atoms with Crippen LogP contribution in [0.25, 0.3) is 0 Å². The average Bonchev–Trinajstić information content (AvgIpc) is 2.57. The van der Waals surface area contributed by atoms with Gasteiger partial charge in [0.15, 0.2) is 0 Å². The Kier molecular flexibility index (Phi) is 9.55. The van der Waals surface area contributed by atoms with Gasteiger partial charge in [0.1, 0.15) is 8.24 Å². The van der Waals surface area contributed by atoms with Gasteiger partial charge in [-0.2, -0.15) is 0 Å². The molecule has 0 N–H and O–H groups in total. The lowest BCUT2D eigenvalue weighted by Crippen LogP contribution is -2.59. The highest BCUT2D eigenvalue weighted by Crippen LogP contribution is 2.26. The number of nitrogens with zero attached hydrogens (tertiary/aromatic N) is 2. The molecule has 0 bridgehead atoms. The van der Waals surface area contributed by atoms with E-state index < -0.39 is 16.8 Å². The van der Waals surface area contributed by atoms with Crippen molar-refractivity contribution in [2.45, 2.75) is 65.3 Å². The highest BCUT2D eigenvalue weighted by atomic mass is 28.4. The van der Waals surface area contributed by atoms with E-state index in [1.165, 1.54) is 44.3 Å². The van der Waals surface area contributed by atoms with Gasteiger partial charge < -0.3 is 18.3 Å². The van der Waals surface area contributed by atoms with Crippen molar-refractivity contribution < 1.29 is 8.85 Å². The topological polar surface area (TPSA) is 24.9 Å². The third-order valence-electron chi connectivity index (χ3n) is 5.80. The van der Waals surface area contributed by atoms with Crippen molar-refractivity contribution in [2.24, 2.45) is 0 Å². The summed E-state index contributed by atoms with van der Waals surface area (Å²) in [5, 5.41) is 0. The van der Waals surface area contributed by atoms with Crippen molar-refractivity contribution in [3.05, 3.63) is 0 Å². The van der Waals surface area contributed by atoms with E-state index in [1.54, 1.807) is 0 Å². The third-order valence-corrected chi connectivity index (χ3v) is 14.5. The molecule has 0 radical (unpaired) electrons. The fourth-order valence-corrected chi connectivity index (χ4v) is 10.3. The van der Waals surface area contributed by atoms with Crippen LogP contribution in [0.3, 0.4) is 0 Å². The molecule has 0 aliphatic carbocycles. The minimum Gasteiger partial charge on any atom is -0.395 e. The summed E-state index contributed by atoms with van der Waals surface area (Å²) in [6.07, 6.45) is 0. The summed E-state index contributed by atoms with van der Waals surface area (Å²) < 4.78 is 14.8. The van der Waals surface area contributed by atoms with Crippen LogP contribution < -0.4 is 0 Å². The largest absolute Gasteiger partial charge is 0.395 e. The molecule has 6 heteroatoms. The number of piperazine rings is 1. The van der Waals surface area contributed by atoms with Gasteiger partial charge in [-0.25, -0.2) is 0 Å². The van der Waals surface area contributed by atoms with E-state index in [0.29, 0.717) is 0 Å². The van der Waals surface area contributed by atoms with Gasteiger partial charge in [-0.3, -0.25) is 0 Å². The normalized spacial score (nSPS) is 18.5. The van der Waals surface area contributed by atoms with Crippen LogP contribution in [0, 0.1) is 0 Å². The molecule has 0 spiro atoms. The molecule has 1 heterocycles. The molecule has 1 rings (SSSR count). The smallest absolute Gasteiger partial charge is 0.336 e. The fraction of sp³-hybridized carbons (Fsp3) is 1.00. The number of hydrogen-bond acceptors (Lipinski definition) is 4. The number of hydrogen-bond donors (Lipinski definition) is 0. The summed E-state index contributed by atoms with van der Waals surface area (Å²) in [7, 11) is -3.12. The molecule has 0 amide bonds. The molecular weight excluding hydrogens is 320 g/mol. The molecule has 0 aromatic carbocycles. The van der Waals surface area contributed by atoms with Crippen molar-refractivity contribution in [3.8, 4) is 0 Å². The van der Waals surface area contributed by atoms with Crippen molar-refractivity contribution in [2.75, 3.05) is 45.9 Å². The van der Waals surface area contributed by atoms with E-state index in [2.05, 4.69) is 50.6 Å². The molecule has 0 saturated carbocycles. The van der Waals surface area contributed by atoms with Crippen molar-refractivity contribution >= 4 is 16.8 Å². The predicted molar refractivity (Wildman–Crippen MR) is 105 cm³/mol. The summed E-state index contributed by atoms with van der Waals surface area (Å²) in [4.78, 5) is 2.62. The summed E-state index contributed by atoms with van der Waals surface area (Å²) in [5.41, 5.74) is 0. The second-order valence-electron chi connectivity index (χ2n) is 6.86. The maximum atomic E-state index is 5.97. The van der Waals surface area contributed by atoms with Crippen LogP contribution in [0.5, 0.6) is 0 Å². The fourth-order valence-electron chi connectivity index (χ4n) is 4.02. The lowest BCUT2D eigenvalue weighted by molar-refractivity contribution is 0.163. The second kappa shape index (κ2) is 10.3. The minimum atomic E-state index is -1.95. The van der Waals surface area contributed by atoms with Crippen molar-refractivity contribution in [1.82, 2.24) is 9.47 Å². The van der Waals surface area contributed by atoms with Gasteiger partial charge in [-0.15, -0.1) is 0 Å². The zero-order chi connectivity index (χ0) is 17.3. The highest BCUT2D eigenvalue weighted by Gasteiger charge is 2.37. The molecule has 0 unspecified atom stereocenters. The lowest BCUT2D eigenvalue weighted by Gasteiger charge is -2.46. The third kappa shape index (κ3) is 5.94. The first-order valence-corrected chi connectivity index (χ1v) is 14.8. The van der Waals surface area contributed by atoms with Gasteiger partial charge >= 0.3 is 8.56 Å². The molecule has 23 heavy (non-hydrogen) atoms. The van der Waals surface area contributed by atoms with Crippen LogP contribution in [0.2, 0.25) is 30.7 Å². The molecule has 1 aliphatic heterocycles. The summed E-state index contributed by atoms with van der Waals surface area (Å²) in [5.74, 6) is 0. The van der Waals surface area contributed by atoms with E-state index in [0.717, 1.165) is 25.8 Å². The second-order valence-corrected chi connectivity index (χ2v) is 15.4. The van der Waals surface area contributed by atoms with Gasteiger partial charge in [0.05, 0.1) is 0 Å². The van der Waals surface area contributed by atoms with Crippen LogP contribution in [-0.4, -0.2) is 72.2 Å². The van der Waals surface area contributed by atoms with E-state index in [4.69, 9.17) is 8.85 Å². The van der Waals surface area contributed by atoms with E-state index >= 15 is 0 Å². The monoisotopic (exact) mass is 360 g/mol. The average molecular weight is 361 g/mol. The molecule has 138 valence electrons. The van der Waals surface area contributed by atoms with Gasteiger partial charge in [-0.1, -0.05) is 20.8 Å². The quantitative estimate of drug-likeness (QED) is 0.524. The number of rotatable bonds is 11. The summed E-state index contributed by atoms with van der Waals surface area (Å²) in [6.45, 7) is 21.3. The van der Waals surface area contributed by atoms with Gasteiger partial charge in [0.2, 0.25) is 0 Å². The Morgan fingerprint density at radius 3 is 1.65 bits per heavy atom. The zero-order valence-electron chi connectivity index (χ0n) is 16.5. The van der Waals surface area contributed by atoms with Crippen LogP contribution in [-0.2, 0) is 8.85 Å². The van der Waals surface area contributed by atoms with Crippen molar-refractivity contribution in [1.29, 1.82) is 0 Å². The molecule has 0 atom stereocenters. The first-order chi connectivity index (χ1) is 11.0. The molecule has 1 fully saturated rings. The van der Waals surface area contributed by atoms with Crippen LogP contribution in [0.15, 0.2) is 0 Å². The van der Waals surface area contributed by atoms with Gasteiger partial charge in [0, 0.05) is 52.0 Å². The Balaban J connectivity index is 2.47. The zero-order valence-corrected chi connectivity index (χ0v) is 18.5. The lowest BCUT2D eigenvalue weighted by atomic mass is 10.4. The first kappa shape index (κ1) is 21.3. The van der Waals surface area contributed by atoms with Crippen LogP contribution in [0.1, 0.15) is 34.6 Å². The van der Waals surface area contributed by atoms with E-state index in [9.17, 15) is 0 Å². The van der Waals surface area contributed by atoms with Gasteiger partial charge in [0.25, 0.3) is 0 Å². The Bertz CT molecular complexity index is 305. The molecular formula is C17H40N2O2Si2. The van der Waals surface area contributed by atoms with Crippen LogP contribution in [0.4, 0.5) is 0 Å². The SMILES string of the molecule is CCO[Si](C)(CCN1CCN([Si](CC)(CC)CC)CC1)OCC.